The summed E-state index contributed by atoms with van der Waals surface area (Å²) in [5.41, 5.74) is 1.75. The molecule has 0 bridgehead atoms. The van der Waals surface area contributed by atoms with Gasteiger partial charge in [0.05, 0.1) is 11.4 Å². The molecule has 1 aliphatic heterocycles. The van der Waals surface area contributed by atoms with Gasteiger partial charge in [0.1, 0.15) is 5.60 Å². The number of carbonyl (C=O) groups excluding carboxylic acids is 1. The number of hydrogen-bond acceptors (Lipinski definition) is 4. The predicted molar refractivity (Wildman–Crippen MR) is 91.6 cm³/mol. The second-order valence-corrected chi connectivity index (χ2v) is 7.33. The standard InChI is InChI=1S/C17H30N4O2/c1-6-14-15(12-20(5)19-14)18-10-13-8-7-9-21(11-13)16(22)23-17(2,3)4/h12-13,18H,6-11H2,1-5H3. The number of ether oxygens (including phenoxy) is 1. The van der Waals surface area contributed by atoms with E-state index in [-0.39, 0.29) is 6.09 Å². The first-order chi connectivity index (χ1) is 10.8. The third-order valence-corrected chi connectivity index (χ3v) is 3.99. The third-order valence-electron chi connectivity index (χ3n) is 3.99. The number of carbonyl (C=O) groups is 1. The summed E-state index contributed by atoms with van der Waals surface area (Å²) in [6, 6.07) is 0. The van der Waals surface area contributed by atoms with Crippen molar-refractivity contribution in [2.24, 2.45) is 13.0 Å². The molecular formula is C17H30N4O2. The van der Waals surface area contributed by atoms with Crippen LogP contribution in [0.2, 0.25) is 0 Å². The summed E-state index contributed by atoms with van der Waals surface area (Å²) < 4.78 is 7.32. The maximum absolute atomic E-state index is 12.2. The van der Waals surface area contributed by atoms with Crippen LogP contribution in [0.4, 0.5) is 10.5 Å². The first-order valence-corrected chi connectivity index (χ1v) is 8.53. The number of piperidine rings is 1. The molecule has 0 aromatic carbocycles. The molecule has 2 rings (SSSR count). The number of anilines is 1. The maximum Gasteiger partial charge on any atom is 0.410 e. The highest BCUT2D eigenvalue weighted by molar-refractivity contribution is 5.68. The van der Waals surface area contributed by atoms with Gasteiger partial charge in [0, 0.05) is 32.9 Å². The van der Waals surface area contributed by atoms with E-state index in [4.69, 9.17) is 4.74 Å². The van der Waals surface area contributed by atoms with Crippen LogP contribution in [0.25, 0.3) is 0 Å². The Kier molecular flexibility index (Phi) is 5.55. The van der Waals surface area contributed by atoms with Gasteiger partial charge >= 0.3 is 6.09 Å². The van der Waals surface area contributed by atoms with Gasteiger partial charge in [-0.05, 0) is 46.0 Å². The van der Waals surface area contributed by atoms with Crippen LogP contribution in [0.5, 0.6) is 0 Å². The zero-order valence-corrected chi connectivity index (χ0v) is 15.1. The van der Waals surface area contributed by atoms with Crippen LogP contribution >= 0.6 is 0 Å². The lowest BCUT2D eigenvalue weighted by Crippen LogP contribution is -2.44. The van der Waals surface area contributed by atoms with Gasteiger partial charge in [0.2, 0.25) is 0 Å². The molecule has 1 unspecified atom stereocenters. The minimum atomic E-state index is -0.436. The highest BCUT2D eigenvalue weighted by Crippen LogP contribution is 2.21. The molecule has 1 saturated heterocycles. The molecule has 1 aliphatic rings. The van der Waals surface area contributed by atoms with Crippen molar-refractivity contribution in [3.63, 3.8) is 0 Å². The van der Waals surface area contributed by atoms with Gasteiger partial charge < -0.3 is 15.0 Å². The number of rotatable bonds is 4. The normalized spacial score (nSPS) is 18.8. The molecule has 1 aromatic heterocycles. The Bertz CT molecular complexity index is 533. The van der Waals surface area contributed by atoms with Crippen molar-refractivity contribution >= 4 is 11.8 Å². The zero-order valence-electron chi connectivity index (χ0n) is 15.1. The van der Waals surface area contributed by atoms with Crippen molar-refractivity contribution in [3.8, 4) is 0 Å². The molecule has 1 N–H and O–H groups in total. The van der Waals surface area contributed by atoms with E-state index in [1.54, 1.807) is 0 Å². The molecule has 2 heterocycles. The van der Waals surface area contributed by atoms with Gasteiger partial charge in [0.15, 0.2) is 0 Å². The minimum absolute atomic E-state index is 0.196. The molecule has 0 aliphatic carbocycles. The van der Waals surface area contributed by atoms with Crippen LogP contribution in [-0.2, 0) is 18.2 Å². The predicted octanol–water partition coefficient (Wildman–Crippen LogP) is 3.04. The van der Waals surface area contributed by atoms with Crippen LogP contribution in [0.1, 0.15) is 46.2 Å². The summed E-state index contributed by atoms with van der Waals surface area (Å²) in [7, 11) is 1.94. The maximum atomic E-state index is 12.2. The van der Waals surface area contributed by atoms with E-state index in [1.807, 2.05) is 43.6 Å². The van der Waals surface area contributed by atoms with Gasteiger partial charge in [-0.15, -0.1) is 0 Å². The van der Waals surface area contributed by atoms with Gasteiger partial charge in [0.25, 0.3) is 0 Å². The lowest BCUT2D eigenvalue weighted by Gasteiger charge is -2.34. The summed E-state index contributed by atoms with van der Waals surface area (Å²) in [5.74, 6) is 0.446. The SMILES string of the molecule is CCc1nn(C)cc1NCC1CCCN(C(=O)OC(C)(C)C)C1. The summed E-state index contributed by atoms with van der Waals surface area (Å²) in [6.07, 6.45) is 4.90. The average molecular weight is 322 g/mol. The quantitative estimate of drug-likeness (QED) is 0.925. The van der Waals surface area contributed by atoms with Crippen molar-refractivity contribution < 1.29 is 9.53 Å². The summed E-state index contributed by atoms with van der Waals surface area (Å²) >= 11 is 0. The number of hydrogen-bond donors (Lipinski definition) is 1. The molecule has 1 aromatic rings. The molecule has 23 heavy (non-hydrogen) atoms. The molecule has 1 atom stereocenters. The smallest absolute Gasteiger partial charge is 0.410 e. The topological polar surface area (TPSA) is 59.4 Å². The van der Waals surface area contributed by atoms with Crippen molar-refractivity contribution in [2.45, 2.75) is 52.6 Å². The summed E-state index contributed by atoms with van der Waals surface area (Å²) in [6.45, 7) is 10.2. The first-order valence-electron chi connectivity index (χ1n) is 8.53. The lowest BCUT2D eigenvalue weighted by molar-refractivity contribution is 0.0172. The number of nitrogens with one attached hydrogen (secondary N) is 1. The fourth-order valence-corrected chi connectivity index (χ4v) is 2.92. The second-order valence-electron chi connectivity index (χ2n) is 7.33. The van der Waals surface area contributed by atoms with Crippen LogP contribution in [0.15, 0.2) is 6.20 Å². The molecule has 0 spiro atoms. The highest BCUT2D eigenvalue weighted by atomic mass is 16.6. The van der Waals surface area contributed by atoms with Gasteiger partial charge in [-0.3, -0.25) is 4.68 Å². The average Bonchev–Trinajstić information content (AvgIpc) is 2.84. The summed E-state index contributed by atoms with van der Waals surface area (Å²) in [4.78, 5) is 14.0. The van der Waals surface area contributed by atoms with E-state index in [0.717, 1.165) is 50.3 Å². The molecule has 130 valence electrons. The van der Waals surface area contributed by atoms with Crippen LogP contribution < -0.4 is 5.32 Å². The molecule has 0 radical (unpaired) electrons. The number of amides is 1. The Morgan fingerprint density at radius 2 is 2.22 bits per heavy atom. The molecular weight excluding hydrogens is 292 g/mol. The van der Waals surface area contributed by atoms with Crippen LogP contribution in [-0.4, -0.2) is 46.0 Å². The molecule has 1 amide bonds. The Labute approximate surface area is 139 Å². The van der Waals surface area contributed by atoms with E-state index in [0.29, 0.717) is 5.92 Å². The van der Waals surface area contributed by atoms with Crippen LogP contribution in [0, 0.1) is 5.92 Å². The van der Waals surface area contributed by atoms with Gasteiger partial charge in [-0.2, -0.15) is 5.10 Å². The fourth-order valence-electron chi connectivity index (χ4n) is 2.92. The zero-order chi connectivity index (χ0) is 17.0. The van der Waals surface area contributed by atoms with Crippen LogP contribution in [0.3, 0.4) is 0 Å². The molecule has 1 fully saturated rings. The Morgan fingerprint density at radius 1 is 1.48 bits per heavy atom. The Hall–Kier alpha value is -1.72. The van der Waals surface area contributed by atoms with Crippen molar-refractivity contribution in [2.75, 3.05) is 25.0 Å². The van der Waals surface area contributed by atoms with Crippen molar-refractivity contribution in [3.05, 3.63) is 11.9 Å². The Morgan fingerprint density at radius 3 is 2.87 bits per heavy atom. The highest BCUT2D eigenvalue weighted by Gasteiger charge is 2.27. The number of aromatic nitrogens is 2. The van der Waals surface area contributed by atoms with E-state index in [9.17, 15) is 4.79 Å². The van der Waals surface area contributed by atoms with E-state index in [2.05, 4.69) is 17.3 Å². The lowest BCUT2D eigenvalue weighted by atomic mass is 9.98. The Balaban J connectivity index is 1.87. The number of aryl methyl sites for hydroxylation is 2. The minimum Gasteiger partial charge on any atom is -0.444 e. The molecule has 6 heteroatoms. The number of nitrogens with zero attached hydrogens (tertiary/aromatic N) is 3. The van der Waals surface area contributed by atoms with Gasteiger partial charge in [-0.25, -0.2) is 4.79 Å². The van der Waals surface area contributed by atoms with Crippen molar-refractivity contribution in [1.82, 2.24) is 14.7 Å². The molecule has 0 saturated carbocycles. The van der Waals surface area contributed by atoms with Crippen molar-refractivity contribution in [1.29, 1.82) is 0 Å². The van der Waals surface area contributed by atoms with E-state index < -0.39 is 5.60 Å². The monoisotopic (exact) mass is 322 g/mol. The summed E-state index contributed by atoms with van der Waals surface area (Å²) in [5, 5.41) is 7.95. The fraction of sp³-hybridized carbons (Fsp3) is 0.765. The van der Waals surface area contributed by atoms with Gasteiger partial charge in [-0.1, -0.05) is 6.92 Å². The molecule has 6 nitrogen and oxygen atoms in total. The van der Waals surface area contributed by atoms with E-state index in [1.165, 1.54) is 0 Å². The van der Waals surface area contributed by atoms with E-state index >= 15 is 0 Å². The second kappa shape index (κ2) is 7.23. The number of likely N-dealkylation sites (tertiary alicyclic amines) is 1. The largest absolute Gasteiger partial charge is 0.444 e. The first kappa shape index (κ1) is 17.6. The third kappa shape index (κ3) is 5.15.